The summed E-state index contributed by atoms with van der Waals surface area (Å²) in [5, 5.41) is 2.97. The smallest absolute Gasteiger partial charge is 0.310 e. The number of halogens is 1. The molecule has 3 aromatic rings. The van der Waals surface area contributed by atoms with Gasteiger partial charge in [-0.15, -0.1) is 0 Å². The number of hydrogen-bond donors (Lipinski definition) is 1. The quantitative estimate of drug-likeness (QED) is 0.528. The highest BCUT2D eigenvalue weighted by Gasteiger charge is 2.34. The molecule has 8 nitrogen and oxygen atoms in total. The first-order valence-corrected chi connectivity index (χ1v) is 12.7. The first-order valence-electron chi connectivity index (χ1n) is 10.4. The largest absolute Gasteiger partial charge is 0.466 e. The second-order valence-electron chi connectivity index (χ2n) is 7.56. The monoisotopic (exact) mass is 491 g/mol. The Morgan fingerprint density at radius 3 is 2.73 bits per heavy atom. The molecule has 0 saturated carbocycles. The molecule has 33 heavy (non-hydrogen) atoms. The van der Waals surface area contributed by atoms with Crippen molar-refractivity contribution in [1.82, 2.24) is 9.29 Å². The maximum Gasteiger partial charge on any atom is 0.310 e. The number of nitrogens with zero attached hydrogens (tertiary/aromatic N) is 2. The molecule has 1 saturated heterocycles. The molecule has 2 heterocycles. The predicted molar refractivity (Wildman–Crippen MR) is 122 cm³/mol. The third-order valence-electron chi connectivity index (χ3n) is 5.33. The summed E-state index contributed by atoms with van der Waals surface area (Å²) in [6.07, 6.45) is 1.15. The molecule has 1 N–H and O–H groups in total. The lowest BCUT2D eigenvalue weighted by Crippen LogP contribution is -2.42. The number of esters is 1. The molecular formula is C22H22FN3O5S2. The number of hydrogen-bond acceptors (Lipinski definition) is 7. The van der Waals surface area contributed by atoms with Crippen molar-refractivity contribution in [2.24, 2.45) is 5.92 Å². The second-order valence-corrected chi connectivity index (χ2v) is 10.5. The highest BCUT2D eigenvalue weighted by molar-refractivity contribution is 7.89. The minimum atomic E-state index is -3.82. The van der Waals surface area contributed by atoms with Crippen LogP contribution in [0, 0.1) is 11.7 Å². The standard InChI is InChI=1S/C22H22FN3O5S2/c1-2-31-21(28)15-4-3-11-26(13-15)33(29,30)17-8-5-14(6-9-17)20(27)25-22-24-18-10-7-16(23)12-19(18)32-22/h5-10,12,15H,2-4,11,13H2,1H3,(H,24,25,27). The lowest BCUT2D eigenvalue weighted by molar-refractivity contribution is -0.149. The third kappa shape index (κ3) is 5.05. The number of amides is 1. The van der Waals surface area contributed by atoms with Gasteiger partial charge < -0.3 is 4.74 Å². The lowest BCUT2D eigenvalue weighted by atomic mass is 10.0. The van der Waals surface area contributed by atoms with E-state index in [9.17, 15) is 22.4 Å². The van der Waals surface area contributed by atoms with E-state index in [1.807, 2.05) is 0 Å². The Bertz CT molecular complexity index is 1290. The van der Waals surface area contributed by atoms with Gasteiger partial charge in [-0.2, -0.15) is 4.31 Å². The fourth-order valence-electron chi connectivity index (χ4n) is 3.66. The molecule has 1 unspecified atom stereocenters. The van der Waals surface area contributed by atoms with Gasteiger partial charge >= 0.3 is 5.97 Å². The Labute approximate surface area is 194 Å². The van der Waals surface area contributed by atoms with Crippen LogP contribution < -0.4 is 5.32 Å². The van der Waals surface area contributed by atoms with Crippen LogP contribution in [-0.2, 0) is 19.6 Å². The van der Waals surface area contributed by atoms with E-state index in [-0.39, 0.29) is 35.4 Å². The van der Waals surface area contributed by atoms with Crippen molar-refractivity contribution in [3.05, 3.63) is 53.8 Å². The van der Waals surface area contributed by atoms with E-state index < -0.39 is 21.8 Å². The number of thiazole rings is 1. The van der Waals surface area contributed by atoms with Crippen LogP contribution in [0.15, 0.2) is 47.4 Å². The molecule has 11 heteroatoms. The first kappa shape index (κ1) is 23.3. The van der Waals surface area contributed by atoms with Crippen LogP contribution in [0.25, 0.3) is 10.2 Å². The van der Waals surface area contributed by atoms with E-state index in [1.165, 1.54) is 46.8 Å². The van der Waals surface area contributed by atoms with E-state index in [2.05, 4.69) is 10.3 Å². The minimum Gasteiger partial charge on any atom is -0.466 e. The number of piperidine rings is 1. The zero-order valence-electron chi connectivity index (χ0n) is 17.8. The number of fused-ring (bicyclic) bond motifs is 1. The van der Waals surface area contributed by atoms with Crippen molar-refractivity contribution in [1.29, 1.82) is 0 Å². The van der Waals surface area contributed by atoms with E-state index in [1.54, 1.807) is 6.92 Å². The highest BCUT2D eigenvalue weighted by atomic mass is 32.2. The van der Waals surface area contributed by atoms with Gasteiger partial charge in [0, 0.05) is 18.7 Å². The maximum atomic E-state index is 13.4. The summed E-state index contributed by atoms with van der Waals surface area (Å²) in [5.74, 6) is -1.72. The number of ether oxygens (including phenoxy) is 1. The first-order chi connectivity index (χ1) is 15.8. The van der Waals surface area contributed by atoms with Gasteiger partial charge in [0.25, 0.3) is 5.91 Å². The van der Waals surface area contributed by atoms with Crippen molar-refractivity contribution >= 4 is 48.6 Å². The topological polar surface area (TPSA) is 106 Å². The molecule has 2 aromatic carbocycles. The predicted octanol–water partition coefficient (Wildman–Crippen LogP) is 3.65. The summed E-state index contributed by atoms with van der Waals surface area (Å²) in [6.45, 7) is 2.35. The summed E-state index contributed by atoms with van der Waals surface area (Å²) in [6, 6.07) is 9.74. The fraction of sp³-hybridized carbons (Fsp3) is 0.318. The molecule has 1 aromatic heterocycles. The number of sulfonamides is 1. The van der Waals surface area contributed by atoms with Crippen LogP contribution >= 0.6 is 11.3 Å². The summed E-state index contributed by atoms with van der Waals surface area (Å²) >= 11 is 1.14. The van der Waals surface area contributed by atoms with Crippen molar-refractivity contribution in [2.75, 3.05) is 25.0 Å². The van der Waals surface area contributed by atoms with Crippen LogP contribution in [0.1, 0.15) is 30.1 Å². The molecule has 1 aliphatic heterocycles. The Morgan fingerprint density at radius 1 is 1.24 bits per heavy atom. The van der Waals surface area contributed by atoms with Gasteiger partial charge in [0.2, 0.25) is 10.0 Å². The van der Waals surface area contributed by atoms with Crippen LogP contribution in [0.4, 0.5) is 9.52 Å². The maximum absolute atomic E-state index is 13.4. The van der Waals surface area contributed by atoms with Crippen LogP contribution in [0.2, 0.25) is 0 Å². The van der Waals surface area contributed by atoms with Gasteiger partial charge in [-0.3, -0.25) is 14.9 Å². The summed E-state index contributed by atoms with van der Waals surface area (Å²) in [7, 11) is -3.82. The zero-order chi connectivity index (χ0) is 23.6. The molecule has 1 fully saturated rings. The molecule has 1 aliphatic rings. The number of benzene rings is 2. The number of nitrogens with one attached hydrogen (secondary N) is 1. The van der Waals surface area contributed by atoms with Crippen LogP contribution in [-0.4, -0.2) is 49.3 Å². The van der Waals surface area contributed by atoms with Crippen molar-refractivity contribution in [3.63, 3.8) is 0 Å². The molecule has 1 amide bonds. The van der Waals surface area contributed by atoms with Crippen LogP contribution in [0.3, 0.4) is 0 Å². The van der Waals surface area contributed by atoms with Gasteiger partial charge in [-0.1, -0.05) is 11.3 Å². The third-order valence-corrected chi connectivity index (χ3v) is 8.14. The van der Waals surface area contributed by atoms with E-state index in [0.29, 0.717) is 34.7 Å². The average Bonchev–Trinajstić information content (AvgIpc) is 3.20. The fourth-order valence-corrected chi connectivity index (χ4v) is 6.07. The minimum absolute atomic E-state index is 0.0408. The van der Waals surface area contributed by atoms with Crippen molar-refractivity contribution in [2.45, 2.75) is 24.7 Å². The molecule has 0 spiro atoms. The number of rotatable bonds is 6. The average molecular weight is 492 g/mol. The van der Waals surface area contributed by atoms with Crippen LogP contribution in [0.5, 0.6) is 0 Å². The molecule has 0 aliphatic carbocycles. The SMILES string of the molecule is CCOC(=O)C1CCCN(S(=O)(=O)c2ccc(C(=O)Nc3nc4ccc(F)cc4s3)cc2)C1. The van der Waals surface area contributed by atoms with E-state index in [0.717, 1.165) is 11.3 Å². The number of carbonyl (C=O) groups is 2. The Balaban J connectivity index is 1.46. The van der Waals surface area contributed by atoms with Crippen molar-refractivity contribution < 1.29 is 27.1 Å². The molecule has 0 radical (unpaired) electrons. The number of carbonyl (C=O) groups excluding carboxylic acids is 2. The van der Waals surface area contributed by atoms with E-state index in [4.69, 9.17) is 4.74 Å². The normalized spacial score (nSPS) is 17.1. The van der Waals surface area contributed by atoms with E-state index >= 15 is 0 Å². The van der Waals surface area contributed by atoms with Gasteiger partial charge in [-0.05, 0) is 62.2 Å². The number of aromatic nitrogens is 1. The Kier molecular flexibility index (Phi) is 6.73. The Hall–Kier alpha value is -2.89. The van der Waals surface area contributed by atoms with Gasteiger partial charge in [0.1, 0.15) is 5.82 Å². The summed E-state index contributed by atoms with van der Waals surface area (Å²) < 4.78 is 46.4. The molecular weight excluding hydrogens is 469 g/mol. The molecule has 1 atom stereocenters. The molecule has 174 valence electrons. The zero-order valence-corrected chi connectivity index (χ0v) is 19.4. The highest BCUT2D eigenvalue weighted by Crippen LogP contribution is 2.28. The number of anilines is 1. The van der Waals surface area contributed by atoms with Gasteiger partial charge in [0.15, 0.2) is 5.13 Å². The summed E-state index contributed by atoms with van der Waals surface area (Å²) in [5.41, 5.74) is 0.822. The molecule has 0 bridgehead atoms. The summed E-state index contributed by atoms with van der Waals surface area (Å²) in [4.78, 5) is 28.9. The van der Waals surface area contributed by atoms with Crippen molar-refractivity contribution in [3.8, 4) is 0 Å². The lowest BCUT2D eigenvalue weighted by Gasteiger charge is -2.30. The van der Waals surface area contributed by atoms with Gasteiger partial charge in [-0.25, -0.2) is 17.8 Å². The Morgan fingerprint density at radius 2 is 2.00 bits per heavy atom. The van der Waals surface area contributed by atoms with Gasteiger partial charge in [0.05, 0.1) is 27.6 Å². The second kappa shape index (κ2) is 9.54. The molecule has 4 rings (SSSR count).